The van der Waals surface area contributed by atoms with E-state index in [0.29, 0.717) is 12.5 Å². The topological polar surface area (TPSA) is 64.3 Å². The normalized spacial score (nSPS) is 10.3. The quantitative estimate of drug-likeness (QED) is 0.761. The third kappa shape index (κ3) is 5.80. The summed E-state index contributed by atoms with van der Waals surface area (Å²) < 4.78 is 5.37. The van der Waals surface area contributed by atoms with Crippen molar-refractivity contribution < 1.29 is 9.53 Å². The molecule has 3 N–H and O–H groups in total. The Labute approximate surface area is 102 Å². The van der Waals surface area contributed by atoms with Crippen LogP contribution in [0.5, 0.6) is 5.75 Å². The molecule has 94 valence electrons. The largest absolute Gasteiger partial charge is 0.493 e. The summed E-state index contributed by atoms with van der Waals surface area (Å²) in [6.07, 6.45) is 0.243. The lowest BCUT2D eigenvalue weighted by Gasteiger charge is -2.10. The van der Waals surface area contributed by atoms with Gasteiger partial charge in [-0.3, -0.25) is 4.79 Å². The van der Waals surface area contributed by atoms with Crippen LogP contribution in [0.3, 0.4) is 0 Å². The van der Waals surface area contributed by atoms with Crippen molar-refractivity contribution in [2.75, 3.05) is 18.5 Å². The fourth-order valence-corrected chi connectivity index (χ4v) is 1.26. The van der Waals surface area contributed by atoms with Crippen molar-refractivity contribution in [2.45, 2.75) is 20.3 Å². The van der Waals surface area contributed by atoms with Crippen molar-refractivity contribution in [3.8, 4) is 5.75 Å². The molecule has 0 atom stereocenters. The van der Waals surface area contributed by atoms with Crippen LogP contribution in [-0.2, 0) is 4.79 Å². The zero-order valence-electron chi connectivity index (χ0n) is 10.4. The van der Waals surface area contributed by atoms with Crippen molar-refractivity contribution >= 4 is 11.6 Å². The smallest absolute Gasteiger partial charge is 0.220 e. The van der Waals surface area contributed by atoms with Gasteiger partial charge in [0.05, 0.1) is 13.0 Å². The monoisotopic (exact) mass is 236 g/mol. The molecule has 1 amide bonds. The second kappa shape index (κ2) is 6.78. The maximum absolute atomic E-state index is 10.5. The van der Waals surface area contributed by atoms with Gasteiger partial charge in [-0.2, -0.15) is 0 Å². The van der Waals surface area contributed by atoms with Crippen molar-refractivity contribution in [1.82, 2.24) is 0 Å². The van der Waals surface area contributed by atoms with Gasteiger partial charge in [0.2, 0.25) is 5.91 Å². The minimum atomic E-state index is -0.347. The molecule has 0 spiro atoms. The molecule has 0 fully saturated rings. The Morgan fingerprint density at radius 3 is 2.53 bits per heavy atom. The number of primary amides is 1. The van der Waals surface area contributed by atoms with Crippen LogP contribution in [0.4, 0.5) is 5.69 Å². The summed E-state index contributed by atoms with van der Waals surface area (Å²) in [7, 11) is 0. The molecule has 4 nitrogen and oxygen atoms in total. The number of anilines is 1. The lowest BCUT2D eigenvalue weighted by Crippen LogP contribution is -2.14. The number of carbonyl (C=O) groups is 1. The van der Waals surface area contributed by atoms with Gasteiger partial charge < -0.3 is 15.8 Å². The minimum Gasteiger partial charge on any atom is -0.493 e. The molecule has 1 aromatic rings. The highest BCUT2D eigenvalue weighted by molar-refractivity contribution is 5.73. The van der Waals surface area contributed by atoms with E-state index in [-0.39, 0.29) is 12.3 Å². The lowest BCUT2D eigenvalue weighted by atomic mass is 10.2. The molecule has 1 aromatic carbocycles. The van der Waals surface area contributed by atoms with Gasteiger partial charge in [0, 0.05) is 12.2 Å². The van der Waals surface area contributed by atoms with E-state index in [1.54, 1.807) is 0 Å². The molecule has 0 aromatic heterocycles. The summed E-state index contributed by atoms with van der Waals surface area (Å²) in [5.74, 6) is 1.02. The number of amides is 1. The minimum absolute atomic E-state index is 0.243. The molecular weight excluding hydrogens is 216 g/mol. The zero-order chi connectivity index (χ0) is 12.7. The maximum Gasteiger partial charge on any atom is 0.220 e. The van der Waals surface area contributed by atoms with Crippen LogP contribution in [0.15, 0.2) is 24.3 Å². The summed E-state index contributed by atoms with van der Waals surface area (Å²) in [4.78, 5) is 10.5. The van der Waals surface area contributed by atoms with Gasteiger partial charge in [0.15, 0.2) is 0 Å². The first-order valence-corrected chi connectivity index (χ1v) is 5.83. The number of benzene rings is 1. The van der Waals surface area contributed by atoms with Crippen LogP contribution < -0.4 is 15.8 Å². The summed E-state index contributed by atoms with van der Waals surface area (Å²) >= 11 is 0. The van der Waals surface area contributed by atoms with Crippen molar-refractivity contribution in [3.63, 3.8) is 0 Å². The van der Waals surface area contributed by atoms with E-state index < -0.39 is 0 Å². The second-order valence-corrected chi connectivity index (χ2v) is 4.36. The highest BCUT2D eigenvalue weighted by Crippen LogP contribution is 2.16. The van der Waals surface area contributed by atoms with Crippen LogP contribution in [0.2, 0.25) is 0 Å². The third-order valence-electron chi connectivity index (χ3n) is 2.19. The number of hydrogen-bond acceptors (Lipinski definition) is 3. The van der Waals surface area contributed by atoms with Crippen molar-refractivity contribution in [1.29, 1.82) is 0 Å². The van der Waals surface area contributed by atoms with E-state index in [9.17, 15) is 4.79 Å². The second-order valence-electron chi connectivity index (χ2n) is 4.36. The molecule has 17 heavy (non-hydrogen) atoms. The number of nitrogens with two attached hydrogens (primary N) is 1. The molecule has 0 aliphatic carbocycles. The predicted octanol–water partition coefficient (Wildman–Crippen LogP) is 2.01. The van der Waals surface area contributed by atoms with E-state index in [2.05, 4.69) is 19.2 Å². The number of hydrogen-bond donors (Lipinski definition) is 2. The molecular formula is C13H20N2O2. The highest BCUT2D eigenvalue weighted by atomic mass is 16.5. The van der Waals surface area contributed by atoms with Crippen LogP contribution in [0.25, 0.3) is 0 Å². The molecule has 4 heteroatoms. The molecule has 0 bridgehead atoms. The molecule has 1 rings (SSSR count). The highest BCUT2D eigenvalue weighted by Gasteiger charge is 1.98. The maximum atomic E-state index is 10.5. The lowest BCUT2D eigenvalue weighted by molar-refractivity contribution is -0.118. The summed E-state index contributed by atoms with van der Waals surface area (Å²) in [6, 6.07) is 7.68. The van der Waals surface area contributed by atoms with E-state index in [1.165, 1.54) is 0 Å². The Hall–Kier alpha value is -1.71. The molecule has 0 radical (unpaired) electrons. The van der Waals surface area contributed by atoms with Crippen LogP contribution in [-0.4, -0.2) is 19.1 Å². The molecule has 0 unspecified atom stereocenters. The Bertz CT molecular complexity index is 347. The first-order valence-electron chi connectivity index (χ1n) is 5.83. The van der Waals surface area contributed by atoms with Gasteiger partial charge in [-0.15, -0.1) is 0 Å². The molecule has 0 aliphatic rings. The number of ether oxygens (including phenoxy) is 1. The van der Waals surface area contributed by atoms with Gasteiger partial charge >= 0.3 is 0 Å². The van der Waals surface area contributed by atoms with E-state index in [4.69, 9.17) is 10.5 Å². The van der Waals surface area contributed by atoms with E-state index in [0.717, 1.165) is 18.0 Å². The van der Waals surface area contributed by atoms with Crippen molar-refractivity contribution in [3.05, 3.63) is 24.3 Å². The van der Waals surface area contributed by atoms with Gasteiger partial charge in [0.25, 0.3) is 0 Å². The SMILES string of the molecule is CC(C)CNc1ccc(OCCC(N)=O)cc1. The van der Waals surface area contributed by atoms with E-state index >= 15 is 0 Å². The first-order chi connectivity index (χ1) is 8.08. The first kappa shape index (κ1) is 13.4. The van der Waals surface area contributed by atoms with Crippen molar-refractivity contribution in [2.24, 2.45) is 11.7 Å². The standard InChI is InChI=1S/C13H20N2O2/c1-10(2)9-15-11-3-5-12(6-4-11)17-8-7-13(14)16/h3-6,10,15H,7-9H2,1-2H3,(H2,14,16). The molecule has 0 saturated carbocycles. The van der Waals surface area contributed by atoms with Gasteiger partial charge in [-0.25, -0.2) is 0 Å². The van der Waals surface area contributed by atoms with Crippen LogP contribution in [0.1, 0.15) is 20.3 Å². The Kier molecular flexibility index (Phi) is 5.33. The molecule has 0 saturated heterocycles. The molecule has 0 heterocycles. The third-order valence-corrected chi connectivity index (χ3v) is 2.19. The Balaban J connectivity index is 2.36. The summed E-state index contributed by atoms with van der Waals surface area (Å²) in [6.45, 7) is 5.60. The Morgan fingerprint density at radius 1 is 1.35 bits per heavy atom. The number of nitrogens with one attached hydrogen (secondary N) is 1. The molecule has 0 aliphatic heterocycles. The predicted molar refractivity (Wildman–Crippen MR) is 69.1 cm³/mol. The number of rotatable bonds is 7. The fraction of sp³-hybridized carbons (Fsp3) is 0.462. The van der Waals surface area contributed by atoms with Crippen LogP contribution in [0, 0.1) is 5.92 Å². The average molecular weight is 236 g/mol. The summed E-state index contributed by atoms with van der Waals surface area (Å²) in [5.41, 5.74) is 6.09. The summed E-state index contributed by atoms with van der Waals surface area (Å²) in [5, 5.41) is 3.32. The van der Waals surface area contributed by atoms with Gasteiger partial charge in [-0.05, 0) is 30.2 Å². The number of carbonyl (C=O) groups excluding carboxylic acids is 1. The van der Waals surface area contributed by atoms with Crippen LogP contribution >= 0.6 is 0 Å². The van der Waals surface area contributed by atoms with Gasteiger partial charge in [0.1, 0.15) is 5.75 Å². The van der Waals surface area contributed by atoms with E-state index in [1.807, 2.05) is 24.3 Å². The Morgan fingerprint density at radius 2 is 2.00 bits per heavy atom. The average Bonchev–Trinajstić information content (AvgIpc) is 2.27. The zero-order valence-corrected chi connectivity index (χ0v) is 10.4. The van der Waals surface area contributed by atoms with Gasteiger partial charge in [-0.1, -0.05) is 13.8 Å². The fourth-order valence-electron chi connectivity index (χ4n) is 1.26.